The summed E-state index contributed by atoms with van der Waals surface area (Å²) in [5, 5.41) is 1.18. The van der Waals surface area contributed by atoms with Gasteiger partial charge in [-0.1, -0.05) is 35.3 Å². The Morgan fingerprint density at radius 1 is 1.50 bits per heavy atom. The van der Waals surface area contributed by atoms with Crippen LogP contribution in [-0.4, -0.2) is 18.2 Å². The lowest BCUT2D eigenvalue weighted by Crippen LogP contribution is -2.48. The highest BCUT2D eigenvalue weighted by Crippen LogP contribution is 2.32. The Balaban J connectivity index is 2.24. The van der Waals surface area contributed by atoms with Crippen molar-refractivity contribution < 1.29 is 4.74 Å². The van der Waals surface area contributed by atoms with Gasteiger partial charge in [0.05, 0.1) is 16.1 Å². The first-order valence-corrected chi connectivity index (χ1v) is 6.12. The molecule has 0 aromatic heterocycles. The molecule has 1 saturated heterocycles. The maximum atomic E-state index is 6.33. The molecule has 0 radical (unpaired) electrons. The van der Waals surface area contributed by atoms with Crippen molar-refractivity contribution in [3.63, 3.8) is 0 Å². The first-order chi connectivity index (χ1) is 7.53. The molecule has 0 aliphatic carbocycles. The van der Waals surface area contributed by atoms with Crippen LogP contribution in [0.2, 0.25) is 10.0 Å². The van der Waals surface area contributed by atoms with Crippen molar-refractivity contribution >= 4 is 23.2 Å². The first-order valence-electron chi connectivity index (χ1n) is 5.36. The van der Waals surface area contributed by atoms with E-state index in [0.717, 1.165) is 18.6 Å². The molecular weight excluding hydrogens is 245 g/mol. The summed E-state index contributed by atoms with van der Waals surface area (Å²) in [6, 6.07) is 5.65. The molecule has 2 rings (SSSR count). The molecule has 2 atom stereocenters. The first kappa shape index (κ1) is 12.2. The van der Waals surface area contributed by atoms with Crippen LogP contribution < -0.4 is 5.73 Å². The second-order valence-electron chi connectivity index (χ2n) is 4.39. The highest BCUT2D eigenvalue weighted by Gasteiger charge is 2.38. The van der Waals surface area contributed by atoms with E-state index in [0.29, 0.717) is 16.5 Å². The highest BCUT2D eigenvalue weighted by atomic mass is 35.5. The van der Waals surface area contributed by atoms with Crippen LogP contribution in [0.4, 0.5) is 0 Å². The minimum Gasteiger partial charge on any atom is -0.377 e. The number of rotatable bonds is 2. The number of halogens is 2. The third-order valence-electron chi connectivity index (χ3n) is 3.30. The van der Waals surface area contributed by atoms with Gasteiger partial charge in [0, 0.05) is 12.1 Å². The second-order valence-corrected chi connectivity index (χ2v) is 5.17. The summed E-state index contributed by atoms with van der Waals surface area (Å²) < 4.78 is 5.51. The lowest BCUT2D eigenvalue weighted by Gasteiger charge is -2.28. The quantitative estimate of drug-likeness (QED) is 0.887. The van der Waals surface area contributed by atoms with Crippen LogP contribution in [0.5, 0.6) is 0 Å². The predicted octanol–water partition coefficient (Wildman–Crippen LogP) is 3.04. The van der Waals surface area contributed by atoms with Crippen LogP contribution in [0.1, 0.15) is 18.9 Å². The Morgan fingerprint density at radius 3 is 2.88 bits per heavy atom. The Kier molecular flexibility index (Phi) is 3.45. The monoisotopic (exact) mass is 259 g/mol. The van der Waals surface area contributed by atoms with Gasteiger partial charge in [0.2, 0.25) is 0 Å². The summed E-state index contributed by atoms with van der Waals surface area (Å²) in [5.41, 5.74) is 7.00. The van der Waals surface area contributed by atoms with Crippen LogP contribution in [0.3, 0.4) is 0 Å². The average molecular weight is 260 g/mol. The van der Waals surface area contributed by atoms with Crippen LogP contribution >= 0.6 is 23.2 Å². The van der Waals surface area contributed by atoms with Crippen LogP contribution in [-0.2, 0) is 11.2 Å². The predicted molar refractivity (Wildman–Crippen MR) is 67.1 cm³/mol. The van der Waals surface area contributed by atoms with Gasteiger partial charge in [-0.05, 0) is 31.4 Å². The van der Waals surface area contributed by atoms with Gasteiger partial charge in [0.15, 0.2) is 0 Å². The molecule has 1 heterocycles. The molecule has 1 aliphatic rings. The normalized spacial score (nSPS) is 29.6. The molecule has 4 heteroatoms. The molecule has 1 fully saturated rings. The summed E-state index contributed by atoms with van der Waals surface area (Å²) >= 11 is 12.1. The SMILES string of the molecule is CC1OCCC1(N)Cc1cccc(Cl)c1Cl. The van der Waals surface area contributed by atoms with Gasteiger partial charge in [-0.2, -0.15) is 0 Å². The molecule has 2 N–H and O–H groups in total. The third-order valence-corrected chi connectivity index (χ3v) is 4.15. The second kappa shape index (κ2) is 4.53. The molecule has 0 spiro atoms. The zero-order valence-electron chi connectivity index (χ0n) is 9.17. The Bertz CT molecular complexity index is 397. The highest BCUT2D eigenvalue weighted by molar-refractivity contribution is 6.42. The fourth-order valence-corrected chi connectivity index (χ4v) is 2.45. The Morgan fingerprint density at radius 2 is 2.25 bits per heavy atom. The van der Waals surface area contributed by atoms with Gasteiger partial charge in [-0.25, -0.2) is 0 Å². The van der Waals surface area contributed by atoms with Gasteiger partial charge in [0.1, 0.15) is 0 Å². The van der Waals surface area contributed by atoms with E-state index in [-0.39, 0.29) is 11.6 Å². The summed E-state index contributed by atoms with van der Waals surface area (Å²) in [5.74, 6) is 0. The van der Waals surface area contributed by atoms with E-state index in [9.17, 15) is 0 Å². The van der Waals surface area contributed by atoms with E-state index in [1.807, 2.05) is 19.1 Å². The van der Waals surface area contributed by atoms with E-state index in [2.05, 4.69) is 0 Å². The van der Waals surface area contributed by atoms with E-state index in [1.54, 1.807) is 6.07 Å². The van der Waals surface area contributed by atoms with E-state index in [1.165, 1.54) is 0 Å². The summed E-state index contributed by atoms with van der Waals surface area (Å²) in [4.78, 5) is 0. The molecule has 1 aromatic carbocycles. The molecular formula is C12H15Cl2NO. The van der Waals surface area contributed by atoms with Crippen molar-refractivity contribution in [2.24, 2.45) is 5.73 Å². The zero-order chi connectivity index (χ0) is 11.8. The van der Waals surface area contributed by atoms with Gasteiger partial charge in [-0.3, -0.25) is 0 Å². The fourth-order valence-electron chi connectivity index (χ4n) is 2.07. The molecule has 16 heavy (non-hydrogen) atoms. The number of nitrogens with two attached hydrogens (primary N) is 1. The molecule has 0 bridgehead atoms. The average Bonchev–Trinajstić information content (AvgIpc) is 2.55. The number of benzene rings is 1. The minimum absolute atomic E-state index is 0.0579. The van der Waals surface area contributed by atoms with E-state index < -0.39 is 0 Å². The molecule has 0 amide bonds. The van der Waals surface area contributed by atoms with Crippen molar-refractivity contribution in [2.75, 3.05) is 6.61 Å². The lowest BCUT2D eigenvalue weighted by molar-refractivity contribution is 0.0955. The lowest BCUT2D eigenvalue weighted by atomic mass is 9.86. The maximum absolute atomic E-state index is 6.33. The molecule has 0 saturated carbocycles. The van der Waals surface area contributed by atoms with Gasteiger partial charge >= 0.3 is 0 Å². The van der Waals surface area contributed by atoms with Gasteiger partial charge in [-0.15, -0.1) is 0 Å². The van der Waals surface area contributed by atoms with Crippen LogP contribution in [0.15, 0.2) is 18.2 Å². The summed E-state index contributed by atoms with van der Waals surface area (Å²) in [7, 11) is 0. The van der Waals surface area contributed by atoms with Crippen molar-refractivity contribution in [3.8, 4) is 0 Å². The van der Waals surface area contributed by atoms with Crippen LogP contribution in [0.25, 0.3) is 0 Å². The topological polar surface area (TPSA) is 35.2 Å². The molecule has 2 nitrogen and oxygen atoms in total. The standard InChI is InChI=1S/C12H15Cl2NO/c1-8-12(15,5-6-16-8)7-9-3-2-4-10(13)11(9)14/h2-4,8H,5-7,15H2,1H3. The van der Waals surface area contributed by atoms with Crippen molar-refractivity contribution in [1.82, 2.24) is 0 Å². The molecule has 1 aromatic rings. The van der Waals surface area contributed by atoms with E-state index in [4.69, 9.17) is 33.7 Å². The van der Waals surface area contributed by atoms with Crippen molar-refractivity contribution in [1.29, 1.82) is 0 Å². The molecule has 1 aliphatic heterocycles. The number of hydrogen-bond acceptors (Lipinski definition) is 2. The van der Waals surface area contributed by atoms with Crippen molar-refractivity contribution in [2.45, 2.75) is 31.4 Å². The zero-order valence-corrected chi connectivity index (χ0v) is 10.7. The van der Waals surface area contributed by atoms with Crippen molar-refractivity contribution in [3.05, 3.63) is 33.8 Å². The maximum Gasteiger partial charge on any atom is 0.0730 e. The number of hydrogen-bond donors (Lipinski definition) is 1. The molecule has 2 unspecified atom stereocenters. The minimum atomic E-state index is -0.325. The largest absolute Gasteiger partial charge is 0.377 e. The van der Waals surface area contributed by atoms with E-state index >= 15 is 0 Å². The third kappa shape index (κ3) is 2.21. The smallest absolute Gasteiger partial charge is 0.0730 e. The van der Waals surface area contributed by atoms with Crippen LogP contribution in [0, 0.1) is 0 Å². The summed E-state index contributed by atoms with van der Waals surface area (Å²) in [6.45, 7) is 2.72. The van der Waals surface area contributed by atoms with Gasteiger partial charge < -0.3 is 10.5 Å². The summed E-state index contributed by atoms with van der Waals surface area (Å²) in [6.07, 6.45) is 1.62. The number of ether oxygens (including phenoxy) is 1. The Labute approximate surface area is 106 Å². The molecule has 88 valence electrons. The Hall–Kier alpha value is -0.280. The van der Waals surface area contributed by atoms with Gasteiger partial charge in [0.25, 0.3) is 0 Å². The fraction of sp³-hybridized carbons (Fsp3) is 0.500.